The summed E-state index contributed by atoms with van der Waals surface area (Å²) in [5.74, 6) is 0. The molecule has 0 aliphatic carbocycles. The molecule has 2 amide bonds. The summed E-state index contributed by atoms with van der Waals surface area (Å²) in [7, 11) is 0. The lowest BCUT2D eigenvalue weighted by atomic mass is 10.1. The number of halogens is 1. The number of hydrogen-bond acceptors (Lipinski definition) is 2. The van der Waals surface area contributed by atoms with Gasteiger partial charge in [0.2, 0.25) is 0 Å². The number of anilines is 2. The van der Waals surface area contributed by atoms with Crippen molar-refractivity contribution in [1.82, 2.24) is 5.32 Å². The predicted octanol–water partition coefficient (Wildman–Crippen LogP) is 4.66. The van der Waals surface area contributed by atoms with Crippen LogP contribution in [0.1, 0.15) is 19.4 Å². The van der Waals surface area contributed by atoms with Gasteiger partial charge in [0, 0.05) is 35.5 Å². The Morgan fingerprint density at radius 3 is 2.33 bits per heavy atom. The van der Waals surface area contributed by atoms with Crippen molar-refractivity contribution < 1.29 is 4.79 Å². The molecule has 0 unspecified atom stereocenters. The molecule has 24 heavy (non-hydrogen) atoms. The lowest BCUT2D eigenvalue weighted by Crippen LogP contribution is -2.30. The van der Waals surface area contributed by atoms with Crippen molar-refractivity contribution in [3.05, 3.63) is 58.6 Å². The molecule has 0 heterocycles. The summed E-state index contributed by atoms with van der Waals surface area (Å²) in [5.41, 5.74) is 3.14. The van der Waals surface area contributed by atoms with Gasteiger partial charge in [0.05, 0.1) is 0 Å². The minimum atomic E-state index is -0.183. The molecule has 4 nitrogen and oxygen atoms in total. The van der Waals surface area contributed by atoms with E-state index in [0.29, 0.717) is 6.54 Å². The fourth-order valence-corrected chi connectivity index (χ4v) is 3.01. The number of hydrogen-bond donors (Lipinski definition) is 2. The zero-order chi connectivity index (χ0) is 17.4. The van der Waals surface area contributed by atoms with Crippen LogP contribution < -0.4 is 15.5 Å². The van der Waals surface area contributed by atoms with E-state index >= 15 is 0 Å². The summed E-state index contributed by atoms with van der Waals surface area (Å²) in [6, 6.07) is 15.8. The second-order valence-corrected chi connectivity index (χ2v) is 6.30. The molecule has 128 valence electrons. The minimum absolute atomic E-state index is 0.183. The first-order chi connectivity index (χ1) is 11.6. The van der Waals surface area contributed by atoms with Gasteiger partial charge in [-0.05, 0) is 56.2 Å². The SMILES string of the molecule is CCN(CC)c1ccc(NC(=O)NCCc2ccccc2Br)cc1. The highest BCUT2D eigenvalue weighted by atomic mass is 79.9. The number of carbonyl (C=O) groups excluding carboxylic acids is 1. The summed E-state index contributed by atoms with van der Waals surface area (Å²) in [4.78, 5) is 14.2. The fraction of sp³-hybridized carbons (Fsp3) is 0.316. The predicted molar refractivity (Wildman–Crippen MR) is 105 cm³/mol. The van der Waals surface area contributed by atoms with E-state index in [1.165, 1.54) is 11.3 Å². The lowest BCUT2D eigenvalue weighted by Gasteiger charge is -2.21. The van der Waals surface area contributed by atoms with Gasteiger partial charge in [-0.3, -0.25) is 0 Å². The molecule has 0 fully saturated rings. The van der Waals surface area contributed by atoms with Crippen LogP contribution >= 0.6 is 15.9 Å². The monoisotopic (exact) mass is 389 g/mol. The number of carbonyl (C=O) groups is 1. The van der Waals surface area contributed by atoms with Crippen LogP contribution in [0.4, 0.5) is 16.2 Å². The highest BCUT2D eigenvalue weighted by Crippen LogP contribution is 2.18. The van der Waals surface area contributed by atoms with E-state index in [1.54, 1.807) is 0 Å². The molecular weight excluding hydrogens is 366 g/mol. The molecule has 2 rings (SSSR count). The molecule has 0 aromatic heterocycles. The number of nitrogens with one attached hydrogen (secondary N) is 2. The standard InChI is InChI=1S/C19H24BrN3O/c1-3-23(4-2)17-11-9-16(10-12-17)22-19(24)21-14-13-15-7-5-6-8-18(15)20/h5-12H,3-4,13-14H2,1-2H3,(H2,21,22,24). The van der Waals surface area contributed by atoms with Crippen LogP contribution in [0.2, 0.25) is 0 Å². The Hall–Kier alpha value is -2.01. The first-order valence-corrected chi connectivity index (χ1v) is 9.06. The first kappa shape index (κ1) is 18.3. The Morgan fingerprint density at radius 1 is 1.04 bits per heavy atom. The largest absolute Gasteiger partial charge is 0.372 e. The topological polar surface area (TPSA) is 44.4 Å². The Labute approximate surface area is 152 Å². The van der Waals surface area contributed by atoms with Crippen molar-refractivity contribution in [2.75, 3.05) is 29.9 Å². The number of rotatable bonds is 7. The third-order valence-electron chi connectivity index (χ3n) is 3.89. The molecule has 5 heteroatoms. The van der Waals surface area contributed by atoms with Gasteiger partial charge in [-0.15, -0.1) is 0 Å². The van der Waals surface area contributed by atoms with Gasteiger partial charge in [-0.2, -0.15) is 0 Å². The normalized spacial score (nSPS) is 10.3. The van der Waals surface area contributed by atoms with Crippen LogP contribution in [0.25, 0.3) is 0 Å². The molecule has 0 aliphatic rings. The summed E-state index contributed by atoms with van der Waals surface area (Å²) in [6.45, 7) is 6.80. The van der Waals surface area contributed by atoms with Gasteiger partial charge in [-0.25, -0.2) is 4.79 Å². The van der Waals surface area contributed by atoms with Crippen molar-refractivity contribution in [3.8, 4) is 0 Å². The van der Waals surface area contributed by atoms with Crippen molar-refractivity contribution >= 4 is 33.3 Å². The smallest absolute Gasteiger partial charge is 0.319 e. The fourth-order valence-electron chi connectivity index (χ4n) is 2.53. The maximum atomic E-state index is 12.0. The molecule has 0 bridgehead atoms. The molecule has 0 radical (unpaired) electrons. The van der Waals surface area contributed by atoms with Crippen LogP contribution in [-0.4, -0.2) is 25.7 Å². The van der Waals surface area contributed by atoms with Crippen molar-refractivity contribution in [3.63, 3.8) is 0 Å². The number of benzene rings is 2. The summed E-state index contributed by atoms with van der Waals surface area (Å²) in [5, 5.41) is 5.75. The maximum absolute atomic E-state index is 12.0. The molecular formula is C19H24BrN3O. The van der Waals surface area contributed by atoms with Crippen LogP contribution in [0.5, 0.6) is 0 Å². The van der Waals surface area contributed by atoms with Gasteiger partial charge < -0.3 is 15.5 Å². The van der Waals surface area contributed by atoms with Gasteiger partial charge in [-0.1, -0.05) is 34.1 Å². The summed E-state index contributed by atoms with van der Waals surface area (Å²) < 4.78 is 1.07. The van der Waals surface area contributed by atoms with Crippen LogP contribution in [0, 0.1) is 0 Å². The minimum Gasteiger partial charge on any atom is -0.372 e. The van der Waals surface area contributed by atoms with E-state index in [-0.39, 0.29) is 6.03 Å². The van der Waals surface area contributed by atoms with E-state index in [2.05, 4.69) is 51.4 Å². The Kier molecular flexibility index (Phi) is 7.12. The second-order valence-electron chi connectivity index (χ2n) is 5.44. The Balaban J connectivity index is 1.81. The Bertz CT molecular complexity index is 654. The van der Waals surface area contributed by atoms with Gasteiger partial charge in [0.25, 0.3) is 0 Å². The first-order valence-electron chi connectivity index (χ1n) is 8.27. The van der Waals surface area contributed by atoms with Gasteiger partial charge in [0.15, 0.2) is 0 Å². The Morgan fingerprint density at radius 2 is 1.71 bits per heavy atom. The average Bonchev–Trinajstić information content (AvgIpc) is 2.59. The van der Waals surface area contributed by atoms with Crippen molar-refractivity contribution in [2.45, 2.75) is 20.3 Å². The third kappa shape index (κ3) is 5.27. The molecule has 0 aliphatic heterocycles. The van der Waals surface area contributed by atoms with Crippen LogP contribution in [0.15, 0.2) is 53.0 Å². The lowest BCUT2D eigenvalue weighted by molar-refractivity contribution is 0.252. The molecule has 2 aromatic rings. The van der Waals surface area contributed by atoms with E-state index in [4.69, 9.17) is 0 Å². The van der Waals surface area contributed by atoms with Crippen molar-refractivity contribution in [1.29, 1.82) is 0 Å². The highest BCUT2D eigenvalue weighted by Gasteiger charge is 2.05. The quantitative estimate of drug-likeness (QED) is 0.722. The zero-order valence-corrected chi connectivity index (χ0v) is 15.8. The van der Waals surface area contributed by atoms with E-state index < -0.39 is 0 Å². The van der Waals surface area contributed by atoms with E-state index in [9.17, 15) is 4.79 Å². The molecule has 0 atom stereocenters. The molecule has 0 saturated carbocycles. The molecule has 0 saturated heterocycles. The third-order valence-corrected chi connectivity index (χ3v) is 4.67. The second kappa shape index (κ2) is 9.33. The molecule has 2 aromatic carbocycles. The number of nitrogens with zero attached hydrogens (tertiary/aromatic N) is 1. The van der Waals surface area contributed by atoms with Crippen molar-refractivity contribution in [2.24, 2.45) is 0 Å². The zero-order valence-electron chi connectivity index (χ0n) is 14.2. The molecule has 0 spiro atoms. The average molecular weight is 390 g/mol. The maximum Gasteiger partial charge on any atom is 0.319 e. The number of urea groups is 1. The number of amides is 2. The summed E-state index contributed by atoms with van der Waals surface area (Å²) >= 11 is 3.52. The van der Waals surface area contributed by atoms with Crippen LogP contribution in [0.3, 0.4) is 0 Å². The molecule has 2 N–H and O–H groups in total. The van der Waals surface area contributed by atoms with Gasteiger partial charge >= 0.3 is 6.03 Å². The van der Waals surface area contributed by atoms with E-state index in [0.717, 1.165) is 29.7 Å². The van der Waals surface area contributed by atoms with E-state index in [1.807, 2.05) is 42.5 Å². The van der Waals surface area contributed by atoms with Gasteiger partial charge in [0.1, 0.15) is 0 Å². The summed E-state index contributed by atoms with van der Waals surface area (Å²) in [6.07, 6.45) is 0.787. The van der Waals surface area contributed by atoms with Crippen LogP contribution in [-0.2, 0) is 6.42 Å². The highest BCUT2D eigenvalue weighted by molar-refractivity contribution is 9.10.